The highest BCUT2D eigenvalue weighted by molar-refractivity contribution is 6.33. The van der Waals surface area contributed by atoms with Crippen molar-refractivity contribution < 1.29 is 23.8 Å². The minimum Gasteiger partial charge on any atom is -0.494 e. The van der Waals surface area contributed by atoms with Gasteiger partial charge in [-0.3, -0.25) is 10.1 Å². The number of anilines is 4. The van der Waals surface area contributed by atoms with E-state index >= 15 is 0 Å². The predicted molar refractivity (Wildman–Crippen MR) is 195 cm³/mol. The lowest BCUT2D eigenvalue weighted by atomic mass is 10.0. The van der Waals surface area contributed by atoms with Crippen LogP contribution in [0.1, 0.15) is 56.0 Å². The maximum atomic E-state index is 13.0. The molecule has 0 aliphatic carbocycles. The first kappa shape index (κ1) is 37.8. The number of carbonyl (C=O) groups is 2. The number of methoxy groups -OCH3 is 1. The largest absolute Gasteiger partial charge is 0.494 e. The van der Waals surface area contributed by atoms with E-state index in [0.717, 1.165) is 63.1 Å². The van der Waals surface area contributed by atoms with Crippen molar-refractivity contribution in [2.45, 2.75) is 52.1 Å². The SMILES string of the molecule is COc1cc(N2CCN(C)CC2)c(CCCCCOc2ccc(Nc3nc(Cl)ncc3Cl)c(C(=O)N(C)C)c2)cc1NC(=O)OC(C)(C)C. The third kappa shape index (κ3) is 11.0. The van der Waals surface area contributed by atoms with Crippen molar-refractivity contribution in [1.29, 1.82) is 0 Å². The lowest BCUT2D eigenvalue weighted by Gasteiger charge is -2.35. The number of ether oxygens (including phenoxy) is 3. The Balaban J connectivity index is 1.41. The van der Waals surface area contributed by atoms with Crippen LogP contribution in [0.2, 0.25) is 10.3 Å². The third-order valence-corrected chi connectivity index (χ3v) is 8.29. The second-order valence-corrected chi connectivity index (χ2v) is 13.9. The molecule has 2 N–H and O–H groups in total. The summed E-state index contributed by atoms with van der Waals surface area (Å²) in [6.07, 6.45) is 4.33. The van der Waals surface area contributed by atoms with Gasteiger partial charge in [0.2, 0.25) is 5.28 Å². The summed E-state index contributed by atoms with van der Waals surface area (Å²) in [7, 11) is 7.11. The lowest BCUT2D eigenvalue weighted by molar-refractivity contribution is 0.0635. The highest BCUT2D eigenvalue weighted by Crippen LogP contribution is 2.36. The molecule has 2 aromatic carbocycles. The van der Waals surface area contributed by atoms with Crippen molar-refractivity contribution in [3.8, 4) is 11.5 Å². The highest BCUT2D eigenvalue weighted by Gasteiger charge is 2.23. The summed E-state index contributed by atoms with van der Waals surface area (Å²) in [5.74, 6) is 1.26. The maximum absolute atomic E-state index is 13.0. The zero-order valence-corrected chi connectivity index (χ0v) is 30.9. The molecule has 1 fully saturated rings. The number of rotatable bonds is 13. The molecule has 266 valence electrons. The molecule has 3 aromatic rings. The van der Waals surface area contributed by atoms with Gasteiger partial charge in [0.15, 0.2) is 5.82 Å². The quantitative estimate of drug-likeness (QED) is 0.140. The Kier molecular flexibility index (Phi) is 13.2. The number of aryl methyl sites for hydroxylation is 1. The van der Waals surface area contributed by atoms with Gasteiger partial charge >= 0.3 is 6.09 Å². The number of nitrogens with zero attached hydrogens (tertiary/aromatic N) is 5. The van der Waals surface area contributed by atoms with Gasteiger partial charge in [-0.1, -0.05) is 11.6 Å². The summed E-state index contributed by atoms with van der Waals surface area (Å²) in [6, 6.07) is 9.29. The van der Waals surface area contributed by atoms with Crippen molar-refractivity contribution in [2.24, 2.45) is 0 Å². The number of carbonyl (C=O) groups excluding carboxylic acids is 2. The van der Waals surface area contributed by atoms with Gasteiger partial charge in [0, 0.05) is 52.0 Å². The second-order valence-electron chi connectivity index (χ2n) is 13.1. The van der Waals surface area contributed by atoms with Crippen LogP contribution in [0.3, 0.4) is 0 Å². The summed E-state index contributed by atoms with van der Waals surface area (Å²) in [4.78, 5) is 39.9. The molecule has 0 spiro atoms. The van der Waals surface area contributed by atoms with Gasteiger partial charge < -0.3 is 34.2 Å². The van der Waals surface area contributed by atoms with Crippen LogP contribution in [-0.4, -0.2) is 98.4 Å². The molecule has 0 unspecified atom stereocenters. The Bertz CT molecular complexity index is 1610. The van der Waals surface area contributed by atoms with E-state index in [0.29, 0.717) is 40.9 Å². The van der Waals surface area contributed by atoms with Gasteiger partial charge in [0.05, 0.1) is 36.9 Å². The number of amides is 2. The second kappa shape index (κ2) is 17.1. The first-order valence-corrected chi connectivity index (χ1v) is 17.1. The molecule has 14 heteroatoms. The first-order valence-electron chi connectivity index (χ1n) is 16.3. The van der Waals surface area contributed by atoms with Crippen LogP contribution in [0.5, 0.6) is 11.5 Å². The standard InChI is InChI=1S/C35H47Cl2N7O5/c1-35(2,3)49-34(46)40-28-19-23(29(21-30(28)47-7)44-16-14-43(6)15-17-44)11-9-8-10-18-48-24-12-13-27(25(20-24)32(45)42(4)5)39-31-26(36)22-38-33(37)41-31/h12-13,19-22H,8-11,14-18H2,1-7H3,(H,40,46)(H,38,39,41). The first-order chi connectivity index (χ1) is 23.2. The Morgan fingerprint density at radius 2 is 1.73 bits per heavy atom. The zero-order chi connectivity index (χ0) is 35.7. The third-order valence-electron chi connectivity index (χ3n) is 7.83. The number of piperazine rings is 1. The molecular weight excluding hydrogens is 669 g/mol. The molecule has 2 amide bonds. The smallest absolute Gasteiger partial charge is 0.412 e. The van der Waals surface area contributed by atoms with E-state index in [1.54, 1.807) is 39.4 Å². The van der Waals surface area contributed by atoms with Crippen LogP contribution in [0.4, 0.5) is 27.7 Å². The van der Waals surface area contributed by atoms with Gasteiger partial charge in [-0.2, -0.15) is 4.98 Å². The number of hydrogen-bond donors (Lipinski definition) is 2. The fourth-order valence-corrected chi connectivity index (χ4v) is 5.59. The summed E-state index contributed by atoms with van der Waals surface area (Å²) in [6.45, 7) is 9.74. The number of hydrogen-bond acceptors (Lipinski definition) is 10. The summed E-state index contributed by atoms with van der Waals surface area (Å²) in [5, 5.41) is 6.28. The van der Waals surface area contributed by atoms with Gasteiger partial charge in [-0.05, 0) is 94.9 Å². The number of likely N-dealkylation sites (N-methyl/N-ethyl adjacent to an activating group) is 1. The van der Waals surface area contributed by atoms with E-state index in [1.807, 2.05) is 32.9 Å². The van der Waals surface area contributed by atoms with Crippen LogP contribution >= 0.6 is 23.2 Å². The van der Waals surface area contributed by atoms with Crippen molar-refractivity contribution in [2.75, 3.05) is 76.6 Å². The molecule has 1 aliphatic heterocycles. The minimum atomic E-state index is -0.620. The normalized spacial score (nSPS) is 13.5. The molecule has 0 atom stereocenters. The molecule has 2 heterocycles. The van der Waals surface area contributed by atoms with Crippen molar-refractivity contribution >= 4 is 58.1 Å². The number of halogens is 2. The van der Waals surface area contributed by atoms with Crippen LogP contribution in [-0.2, 0) is 11.2 Å². The molecule has 0 saturated carbocycles. The molecule has 1 saturated heterocycles. The lowest BCUT2D eigenvalue weighted by Crippen LogP contribution is -2.44. The summed E-state index contributed by atoms with van der Waals surface area (Å²) < 4.78 is 17.3. The molecule has 0 radical (unpaired) electrons. The maximum Gasteiger partial charge on any atom is 0.412 e. The van der Waals surface area contributed by atoms with Gasteiger partial charge in [0.1, 0.15) is 22.1 Å². The summed E-state index contributed by atoms with van der Waals surface area (Å²) in [5.41, 5.74) is 3.13. The topological polar surface area (TPSA) is 121 Å². The van der Waals surface area contributed by atoms with E-state index in [-0.39, 0.29) is 16.2 Å². The molecule has 0 bridgehead atoms. The van der Waals surface area contributed by atoms with E-state index in [9.17, 15) is 9.59 Å². The van der Waals surface area contributed by atoms with Crippen LogP contribution in [0, 0.1) is 0 Å². The Morgan fingerprint density at radius 3 is 2.41 bits per heavy atom. The fraction of sp³-hybridized carbons (Fsp3) is 0.486. The van der Waals surface area contributed by atoms with Gasteiger partial charge in [-0.25, -0.2) is 9.78 Å². The van der Waals surface area contributed by atoms with Gasteiger partial charge in [0.25, 0.3) is 5.91 Å². The average molecular weight is 717 g/mol. The van der Waals surface area contributed by atoms with Crippen LogP contribution < -0.4 is 25.0 Å². The molecule has 1 aromatic heterocycles. The Morgan fingerprint density at radius 1 is 1.00 bits per heavy atom. The van der Waals surface area contributed by atoms with Crippen molar-refractivity contribution in [3.05, 3.63) is 58.0 Å². The molecule has 12 nitrogen and oxygen atoms in total. The number of unbranched alkanes of at least 4 members (excludes halogenated alkanes) is 2. The predicted octanol–water partition coefficient (Wildman–Crippen LogP) is 7.13. The van der Waals surface area contributed by atoms with Gasteiger partial charge in [-0.15, -0.1) is 0 Å². The van der Waals surface area contributed by atoms with E-state index in [4.69, 9.17) is 37.4 Å². The summed E-state index contributed by atoms with van der Waals surface area (Å²) >= 11 is 12.2. The minimum absolute atomic E-state index is 0.0350. The monoisotopic (exact) mass is 715 g/mol. The van der Waals surface area contributed by atoms with E-state index in [1.165, 1.54) is 11.1 Å². The Labute approximate surface area is 299 Å². The fourth-order valence-electron chi connectivity index (χ4n) is 5.32. The van der Waals surface area contributed by atoms with Crippen LogP contribution in [0.25, 0.3) is 0 Å². The number of aromatic nitrogens is 2. The van der Waals surface area contributed by atoms with Crippen LogP contribution in [0.15, 0.2) is 36.5 Å². The van der Waals surface area contributed by atoms with E-state index in [2.05, 4.69) is 37.4 Å². The average Bonchev–Trinajstić information content (AvgIpc) is 3.04. The molecule has 1 aliphatic rings. The van der Waals surface area contributed by atoms with E-state index < -0.39 is 11.7 Å². The molecule has 49 heavy (non-hydrogen) atoms. The highest BCUT2D eigenvalue weighted by atomic mass is 35.5. The van der Waals surface area contributed by atoms with Crippen molar-refractivity contribution in [3.63, 3.8) is 0 Å². The molecule has 4 rings (SSSR count). The number of benzene rings is 2. The Hall–Kier alpha value is -4.00. The van der Waals surface area contributed by atoms with Crippen molar-refractivity contribution in [1.82, 2.24) is 19.8 Å². The number of nitrogens with one attached hydrogen (secondary N) is 2. The zero-order valence-electron chi connectivity index (χ0n) is 29.4. The molecular formula is C35H47Cl2N7O5.